The molecule has 0 saturated heterocycles. The van der Waals surface area contributed by atoms with Gasteiger partial charge in [0.25, 0.3) is 0 Å². The molecule has 2 aromatic rings. The lowest BCUT2D eigenvalue weighted by molar-refractivity contribution is 0.402. The van der Waals surface area contributed by atoms with Gasteiger partial charge in [-0.1, -0.05) is 12.1 Å². The van der Waals surface area contributed by atoms with Crippen LogP contribution in [0.15, 0.2) is 44.8 Å². The minimum absolute atomic E-state index is 0.249. The summed E-state index contributed by atoms with van der Waals surface area (Å²) < 4.78 is 29.7. The molecule has 102 valence electrons. The van der Waals surface area contributed by atoms with Crippen LogP contribution >= 0.6 is 23.1 Å². The first kappa shape index (κ1) is 14.4. The molecule has 1 heterocycles. The van der Waals surface area contributed by atoms with Crippen molar-refractivity contribution >= 4 is 32.9 Å². The quantitative estimate of drug-likeness (QED) is 0.793. The van der Waals surface area contributed by atoms with E-state index in [4.69, 9.17) is 4.74 Å². The van der Waals surface area contributed by atoms with Gasteiger partial charge in [0.15, 0.2) is 9.84 Å². The summed E-state index contributed by atoms with van der Waals surface area (Å²) in [5.41, 5.74) is 0.972. The lowest BCUT2D eigenvalue weighted by Crippen LogP contribution is -2.01. The minimum Gasteiger partial charge on any atom is -0.495 e. The number of thioether (sulfide) groups is 1. The third-order valence-electron chi connectivity index (χ3n) is 2.50. The van der Waals surface area contributed by atoms with Crippen molar-refractivity contribution in [3.63, 3.8) is 0 Å². The third kappa shape index (κ3) is 3.75. The van der Waals surface area contributed by atoms with Gasteiger partial charge in [-0.2, -0.15) is 0 Å². The number of methoxy groups -OCH3 is 1. The van der Waals surface area contributed by atoms with Crippen LogP contribution in [0.2, 0.25) is 0 Å². The Morgan fingerprint density at radius 2 is 2.11 bits per heavy atom. The van der Waals surface area contributed by atoms with Gasteiger partial charge in [-0.25, -0.2) is 8.42 Å². The molecule has 0 radical (unpaired) electrons. The van der Waals surface area contributed by atoms with Crippen LogP contribution in [0.25, 0.3) is 0 Å². The van der Waals surface area contributed by atoms with Crippen molar-refractivity contribution in [1.29, 1.82) is 0 Å². The topological polar surface area (TPSA) is 43.4 Å². The second kappa shape index (κ2) is 5.98. The van der Waals surface area contributed by atoms with Crippen molar-refractivity contribution in [1.82, 2.24) is 0 Å². The van der Waals surface area contributed by atoms with Crippen molar-refractivity contribution in [2.75, 3.05) is 13.4 Å². The Morgan fingerprint density at radius 1 is 1.32 bits per heavy atom. The van der Waals surface area contributed by atoms with Crippen molar-refractivity contribution in [2.24, 2.45) is 0 Å². The van der Waals surface area contributed by atoms with Crippen LogP contribution in [0.5, 0.6) is 5.75 Å². The average molecular weight is 314 g/mol. The Bertz CT molecular complexity index is 646. The van der Waals surface area contributed by atoms with E-state index in [1.807, 2.05) is 17.5 Å². The van der Waals surface area contributed by atoms with Gasteiger partial charge in [-0.05, 0) is 29.1 Å². The molecule has 0 N–H and O–H groups in total. The van der Waals surface area contributed by atoms with E-state index in [1.54, 1.807) is 35.2 Å². The Labute approximate surface area is 121 Å². The van der Waals surface area contributed by atoms with E-state index in [9.17, 15) is 8.42 Å². The number of ether oxygens (including phenoxy) is 1. The molecule has 1 aromatic carbocycles. The fourth-order valence-corrected chi connectivity index (χ4v) is 4.21. The summed E-state index contributed by atoms with van der Waals surface area (Å²) in [6.45, 7) is 0. The fourth-order valence-electron chi connectivity index (χ4n) is 1.60. The molecule has 3 nitrogen and oxygen atoms in total. The number of thiophene rings is 1. The van der Waals surface area contributed by atoms with Gasteiger partial charge < -0.3 is 4.74 Å². The first-order chi connectivity index (χ1) is 9.00. The Balaban J connectivity index is 2.23. The van der Waals surface area contributed by atoms with Gasteiger partial charge in [-0.15, -0.1) is 23.1 Å². The van der Waals surface area contributed by atoms with Gasteiger partial charge in [0, 0.05) is 12.0 Å². The largest absolute Gasteiger partial charge is 0.495 e. The van der Waals surface area contributed by atoms with Crippen LogP contribution in [0.4, 0.5) is 0 Å². The molecule has 0 aliphatic rings. The standard InChI is InChI=1S/C13H14O3S3/c1-16-11-6-5-10(8-12(11)19(2,14)15)9-18-13-4-3-7-17-13/h3-8H,9H2,1-2H3. The highest BCUT2D eigenvalue weighted by atomic mass is 32.2. The predicted molar refractivity (Wildman–Crippen MR) is 80.0 cm³/mol. The highest BCUT2D eigenvalue weighted by molar-refractivity contribution is 8.00. The second-order valence-corrected chi connectivity index (χ2v) is 8.19. The summed E-state index contributed by atoms with van der Waals surface area (Å²) >= 11 is 3.38. The molecule has 0 amide bonds. The van der Waals surface area contributed by atoms with E-state index < -0.39 is 9.84 Å². The van der Waals surface area contributed by atoms with Gasteiger partial charge in [-0.3, -0.25) is 0 Å². The Morgan fingerprint density at radius 3 is 2.68 bits per heavy atom. The number of sulfone groups is 1. The zero-order valence-electron chi connectivity index (χ0n) is 10.6. The maximum Gasteiger partial charge on any atom is 0.179 e. The van der Waals surface area contributed by atoms with Crippen LogP contribution in [-0.4, -0.2) is 21.8 Å². The molecule has 2 rings (SSSR count). The number of rotatable bonds is 5. The van der Waals surface area contributed by atoms with Crippen LogP contribution in [0.3, 0.4) is 0 Å². The van der Waals surface area contributed by atoms with E-state index in [0.717, 1.165) is 11.3 Å². The summed E-state index contributed by atoms with van der Waals surface area (Å²) in [6, 6.07) is 9.35. The first-order valence-corrected chi connectivity index (χ1v) is 9.29. The minimum atomic E-state index is -3.27. The van der Waals surface area contributed by atoms with Crippen LogP contribution < -0.4 is 4.74 Å². The summed E-state index contributed by atoms with van der Waals surface area (Å²) in [7, 11) is -1.80. The number of benzene rings is 1. The van der Waals surface area contributed by atoms with E-state index in [1.165, 1.54) is 17.6 Å². The van der Waals surface area contributed by atoms with Crippen LogP contribution in [0, 0.1) is 0 Å². The normalized spacial score (nSPS) is 11.5. The van der Waals surface area contributed by atoms with E-state index in [0.29, 0.717) is 5.75 Å². The molecular weight excluding hydrogens is 300 g/mol. The molecule has 19 heavy (non-hydrogen) atoms. The molecule has 0 bridgehead atoms. The summed E-state index contributed by atoms with van der Waals surface area (Å²) in [6.07, 6.45) is 1.20. The molecule has 0 spiro atoms. The molecule has 1 aromatic heterocycles. The molecule has 0 unspecified atom stereocenters. The van der Waals surface area contributed by atoms with Crippen LogP contribution in [-0.2, 0) is 15.6 Å². The number of hydrogen-bond acceptors (Lipinski definition) is 5. The molecule has 0 atom stereocenters. The Hall–Kier alpha value is -0.980. The van der Waals surface area contributed by atoms with Crippen molar-refractivity contribution in [2.45, 2.75) is 14.9 Å². The lowest BCUT2D eigenvalue weighted by atomic mass is 10.2. The van der Waals surface area contributed by atoms with Crippen molar-refractivity contribution < 1.29 is 13.2 Å². The highest BCUT2D eigenvalue weighted by Gasteiger charge is 2.14. The monoisotopic (exact) mass is 314 g/mol. The first-order valence-electron chi connectivity index (χ1n) is 5.54. The Kier molecular flexibility index (Phi) is 4.54. The van der Waals surface area contributed by atoms with E-state index in [-0.39, 0.29) is 4.90 Å². The summed E-state index contributed by atoms with van der Waals surface area (Å²) in [5, 5.41) is 2.03. The zero-order chi connectivity index (χ0) is 13.9. The summed E-state index contributed by atoms with van der Waals surface area (Å²) in [5.74, 6) is 1.14. The predicted octanol–water partition coefficient (Wildman–Crippen LogP) is 3.45. The maximum absolute atomic E-state index is 11.7. The van der Waals surface area contributed by atoms with Gasteiger partial charge >= 0.3 is 0 Å². The maximum atomic E-state index is 11.7. The highest BCUT2D eigenvalue weighted by Crippen LogP contribution is 2.30. The van der Waals surface area contributed by atoms with Crippen LogP contribution in [0.1, 0.15) is 5.56 Å². The molecule has 0 fully saturated rings. The molecule has 0 saturated carbocycles. The SMILES string of the molecule is COc1ccc(CSc2cccs2)cc1S(C)(=O)=O. The second-order valence-electron chi connectivity index (χ2n) is 3.98. The smallest absolute Gasteiger partial charge is 0.179 e. The van der Waals surface area contributed by atoms with Crippen molar-refractivity contribution in [3.8, 4) is 5.75 Å². The molecular formula is C13H14O3S3. The molecule has 6 heteroatoms. The zero-order valence-corrected chi connectivity index (χ0v) is 13.1. The van der Waals surface area contributed by atoms with Crippen molar-refractivity contribution in [3.05, 3.63) is 41.3 Å². The van der Waals surface area contributed by atoms with Gasteiger partial charge in [0.05, 0.1) is 11.3 Å². The molecule has 0 aliphatic heterocycles. The fraction of sp³-hybridized carbons (Fsp3) is 0.231. The van der Waals surface area contributed by atoms with Gasteiger partial charge in [0.1, 0.15) is 10.6 Å². The van der Waals surface area contributed by atoms with E-state index >= 15 is 0 Å². The number of hydrogen-bond donors (Lipinski definition) is 0. The summed E-state index contributed by atoms with van der Waals surface area (Å²) in [4.78, 5) is 0.249. The third-order valence-corrected chi connectivity index (χ3v) is 5.82. The van der Waals surface area contributed by atoms with Gasteiger partial charge in [0.2, 0.25) is 0 Å². The van der Waals surface area contributed by atoms with E-state index in [2.05, 4.69) is 6.07 Å². The average Bonchev–Trinajstić information content (AvgIpc) is 2.88. The molecule has 0 aliphatic carbocycles. The lowest BCUT2D eigenvalue weighted by Gasteiger charge is -2.09.